The third-order valence-corrected chi connectivity index (χ3v) is 2.96. The molecule has 0 aliphatic heterocycles. The van der Waals surface area contributed by atoms with Gasteiger partial charge in [-0.05, 0) is 31.2 Å². The van der Waals surface area contributed by atoms with E-state index >= 15 is 0 Å². The Morgan fingerprint density at radius 1 is 0.895 bits per heavy atom. The number of pyridine rings is 3. The monoisotopic (exact) mass is 251 g/mol. The summed E-state index contributed by atoms with van der Waals surface area (Å²) in [6.45, 7) is 1.97. The van der Waals surface area contributed by atoms with Crippen LogP contribution < -0.4 is 4.74 Å². The van der Waals surface area contributed by atoms with E-state index in [0.717, 1.165) is 27.9 Å². The van der Waals surface area contributed by atoms with Crippen molar-refractivity contribution < 1.29 is 4.74 Å². The van der Waals surface area contributed by atoms with Crippen molar-refractivity contribution in [2.24, 2.45) is 0 Å². The Bertz CT molecular complexity index is 723. The van der Waals surface area contributed by atoms with Crippen LogP contribution in [0.4, 0.5) is 0 Å². The second-order valence-corrected chi connectivity index (χ2v) is 4.30. The Morgan fingerprint density at radius 3 is 2.47 bits per heavy atom. The van der Waals surface area contributed by atoms with Gasteiger partial charge >= 0.3 is 0 Å². The van der Waals surface area contributed by atoms with Gasteiger partial charge in [-0.3, -0.25) is 9.97 Å². The number of nitrogens with zero attached hydrogens (tertiary/aromatic N) is 3. The number of hydrogen-bond donors (Lipinski definition) is 0. The highest BCUT2D eigenvalue weighted by atomic mass is 16.5. The molecule has 0 saturated carbocycles. The van der Waals surface area contributed by atoms with Crippen molar-refractivity contribution in [2.45, 2.75) is 6.92 Å². The average molecular weight is 251 g/mol. The van der Waals surface area contributed by atoms with Crippen LogP contribution >= 0.6 is 0 Å². The van der Waals surface area contributed by atoms with E-state index in [2.05, 4.69) is 15.0 Å². The molecule has 0 radical (unpaired) electrons. The van der Waals surface area contributed by atoms with Gasteiger partial charge in [0.15, 0.2) is 0 Å². The van der Waals surface area contributed by atoms with Gasteiger partial charge in [-0.2, -0.15) is 0 Å². The van der Waals surface area contributed by atoms with Gasteiger partial charge in [0.1, 0.15) is 0 Å². The molecule has 3 rings (SSSR count). The van der Waals surface area contributed by atoms with Crippen LogP contribution in [0.5, 0.6) is 5.88 Å². The van der Waals surface area contributed by atoms with Crippen molar-refractivity contribution in [3.63, 3.8) is 0 Å². The predicted molar refractivity (Wildman–Crippen MR) is 74.1 cm³/mol. The first-order valence-corrected chi connectivity index (χ1v) is 6.00. The van der Waals surface area contributed by atoms with Gasteiger partial charge in [-0.25, -0.2) is 4.98 Å². The Hall–Kier alpha value is -2.49. The van der Waals surface area contributed by atoms with Crippen LogP contribution in [0, 0.1) is 6.92 Å². The van der Waals surface area contributed by atoms with Gasteiger partial charge in [-0.1, -0.05) is 0 Å². The zero-order valence-corrected chi connectivity index (χ0v) is 10.8. The second-order valence-electron chi connectivity index (χ2n) is 4.30. The van der Waals surface area contributed by atoms with E-state index in [1.54, 1.807) is 13.3 Å². The molecule has 0 aliphatic rings. The summed E-state index contributed by atoms with van der Waals surface area (Å²) in [6, 6.07) is 9.77. The molecule has 0 fully saturated rings. The molecule has 94 valence electrons. The zero-order valence-electron chi connectivity index (χ0n) is 10.8. The molecule has 0 N–H and O–H groups in total. The Labute approximate surface area is 111 Å². The molecule has 4 heteroatoms. The van der Waals surface area contributed by atoms with E-state index in [4.69, 9.17) is 4.74 Å². The second kappa shape index (κ2) is 4.65. The minimum atomic E-state index is 0.603. The maximum absolute atomic E-state index is 5.05. The maximum Gasteiger partial charge on any atom is 0.212 e. The van der Waals surface area contributed by atoms with E-state index < -0.39 is 0 Å². The molecule has 0 unspecified atom stereocenters. The SMILES string of the molecule is COc1ccc(-c2cnc3ccc(C)nc3c2)cn1. The van der Waals surface area contributed by atoms with Crippen LogP contribution in [0.15, 0.2) is 42.7 Å². The lowest BCUT2D eigenvalue weighted by Crippen LogP contribution is -1.90. The van der Waals surface area contributed by atoms with E-state index in [9.17, 15) is 0 Å². The number of hydrogen-bond acceptors (Lipinski definition) is 4. The molecule has 0 bridgehead atoms. The fraction of sp³-hybridized carbons (Fsp3) is 0.133. The van der Waals surface area contributed by atoms with Gasteiger partial charge in [0.05, 0.1) is 18.1 Å². The first-order chi connectivity index (χ1) is 9.26. The van der Waals surface area contributed by atoms with Crippen molar-refractivity contribution in [1.82, 2.24) is 15.0 Å². The first-order valence-electron chi connectivity index (χ1n) is 6.00. The van der Waals surface area contributed by atoms with Crippen LogP contribution in [0.1, 0.15) is 5.69 Å². The Kier molecular flexibility index (Phi) is 2.83. The summed E-state index contributed by atoms with van der Waals surface area (Å²) in [5, 5.41) is 0. The molecule has 19 heavy (non-hydrogen) atoms. The quantitative estimate of drug-likeness (QED) is 0.702. The summed E-state index contributed by atoms with van der Waals surface area (Å²) in [5.41, 5.74) is 4.78. The Balaban J connectivity index is 2.08. The molecule has 0 aliphatic carbocycles. The molecule has 3 heterocycles. The van der Waals surface area contributed by atoms with Crippen LogP contribution in [0.3, 0.4) is 0 Å². The van der Waals surface area contributed by atoms with Crippen molar-refractivity contribution in [2.75, 3.05) is 7.11 Å². The number of aryl methyl sites for hydroxylation is 1. The minimum absolute atomic E-state index is 0.603. The molecular weight excluding hydrogens is 238 g/mol. The van der Waals surface area contributed by atoms with E-state index in [-0.39, 0.29) is 0 Å². The van der Waals surface area contributed by atoms with Crippen molar-refractivity contribution in [1.29, 1.82) is 0 Å². The minimum Gasteiger partial charge on any atom is -0.481 e. The van der Waals surface area contributed by atoms with Gasteiger partial charge in [0.25, 0.3) is 0 Å². The normalized spacial score (nSPS) is 10.6. The lowest BCUT2D eigenvalue weighted by molar-refractivity contribution is 0.398. The molecule has 4 nitrogen and oxygen atoms in total. The van der Waals surface area contributed by atoms with Crippen LogP contribution in [-0.4, -0.2) is 22.1 Å². The van der Waals surface area contributed by atoms with Gasteiger partial charge in [-0.15, -0.1) is 0 Å². The van der Waals surface area contributed by atoms with Crippen LogP contribution in [0.25, 0.3) is 22.2 Å². The summed E-state index contributed by atoms with van der Waals surface area (Å²) >= 11 is 0. The summed E-state index contributed by atoms with van der Waals surface area (Å²) in [4.78, 5) is 13.1. The molecule has 0 amide bonds. The fourth-order valence-electron chi connectivity index (χ4n) is 1.94. The molecule has 0 aromatic carbocycles. The first kappa shape index (κ1) is 11.6. The fourth-order valence-corrected chi connectivity index (χ4v) is 1.94. The van der Waals surface area contributed by atoms with E-state index in [1.807, 2.05) is 43.5 Å². The summed E-state index contributed by atoms with van der Waals surface area (Å²) in [5.74, 6) is 0.603. The molecule has 3 aromatic heterocycles. The maximum atomic E-state index is 5.05. The molecule has 0 saturated heterocycles. The highest BCUT2D eigenvalue weighted by Gasteiger charge is 2.03. The summed E-state index contributed by atoms with van der Waals surface area (Å²) in [7, 11) is 1.60. The summed E-state index contributed by atoms with van der Waals surface area (Å²) < 4.78 is 5.05. The highest BCUT2D eigenvalue weighted by molar-refractivity contribution is 5.80. The number of methoxy groups -OCH3 is 1. The van der Waals surface area contributed by atoms with Gasteiger partial charge in [0, 0.05) is 35.3 Å². The predicted octanol–water partition coefficient (Wildman–Crippen LogP) is 3.01. The largest absolute Gasteiger partial charge is 0.481 e. The molecule has 0 spiro atoms. The molecule has 0 atom stereocenters. The summed E-state index contributed by atoms with van der Waals surface area (Å²) in [6.07, 6.45) is 3.61. The smallest absolute Gasteiger partial charge is 0.212 e. The number of fused-ring (bicyclic) bond motifs is 1. The number of aromatic nitrogens is 3. The highest BCUT2D eigenvalue weighted by Crippen LogP contribution is 2.22. The van der Waals surface area contributed by atoms with Crippen molar-refractivity contribution >= 4 is 11.0 Å². The number of ether oxygens (including phenoxy) is 1. The molecular formula is C15H13N3O. The third kappa shape index (κ3) is 2.25. The Morgan fingerprint density at radius 2 is 1.74 bits per heavy atom. The average Bonchev–Trinajstić information content (AvgIpc) is 2.46. The van der Waals surface area contributed by atoms with E-state index in [1.165, 1.54) is 0 Å². The van der Waals surface area contributed by atoms with Crippen molar-refractivity contribution in [3.8, 4) is 17.0 Å². The lowest BCUT2D eigenvalue weighted by Gasteiger charge is -2.04. The van der Waals surface area contributed by atoms with Gasteiger partial charge in [0.2, 0.25) is 5.88 Å². The topological polar surface area (TPSA) is 47.9 Å². The van der Waals surface area contributed by atoms with Gasteiger partial charge < -0.3 is 4.74 Å². The third-order valence-electron chi connectivity index (χ3n) is 2.96. The molecule has 3 aromatic rings. The van der Waals surface area contributed by atoms with Crippen LogP contribution in [0.2, 0.25) is 0 Å². The van der Waals surface area contributed by atoms with Crippen molar-refractivity contribution in [3.05, 3.63) is 48.4 Å². The van der Waals surface area contributed by atoms with E-state index in [0.29, 0.717) is 5.88 Å². The standard InChI is InChI=1S/C15H13N3O/c1-10-3-5-13-14(18-10)7-12(9-16-13)11-4-6-15(19-2)17-8-11/h3-9H,1-2H3. The number of rotatable bonds is 2. The lowest BCUT2D eigenvalue weighted by atomic mass is 10.1. The zero-order chi connectivity index (χ0) is 13.2. The van der Waals surface area contributed by atoms with Crippen LogP contribution in [-0.2, 0) is 0 Å².